The number of ether oxygens (including phenoxy) is 2. The maximum atomic E-state index is 12.1. The van der Waals surface area contributed by atoms with E-state index in [4.69, 9.17) is 14.3 Å². The van der Waals surface area contributed by atoms with E-state index in [1.807, 2.05) is 0 Å². The second-order valence-electron chi connectivity index (χ2n) is 5.80. The van der Waals surface area contributed by atoms with Gasteiger partial charge in [-0.15, -0.1) is 0 Å². The first-order chi connectivity index (χ1) is 13.4. The summed E-state index contributed by atoms with van der Waals surface area (Å²) >= 11 is 0. The van der Waals surface area contributed by atoms with Crippen molar-refractivity contribution in [1.82, 2.24) is 4.47 Å². The third-order valence-electron chi connectivity index (χ3n) is 3.91. The van der Waals surface area contributed by atoms with Gasteiger partial charge in [-0.05, 0) is 55.0 Å². The van der Waals surface area contributed by atoms with Gasteiger partial charge >= 0.3 is 0 Å². The minimum Gasteiger partial charge on any atom is -0.497 e. The number of hydrogen-bond donors (Lipinski definition) is 1. The molecule has 0 heterocycles. The maximum Gasteiger partial charge on any atom is 0.264 e. The Bertz CT molecular complexity index is 866. The lowest BCUT2D eigenvalue weighted by Crippen LogP contribution is -2.25. The van der Waals surface area contributed by atoms with Crippen molar-refractivity contribution in [1.29, 1.82) is 0 Å². The van der Waals surface area contributed by atoms with Crippen LogP contribution in [0, 0.1) is 0 Å². The Kier molecular flexibility index (Phi) is 7.80. The van der Waals surface area contributed by atoms with Crippen LogP contribution in [0.1, 0.15) is 12.8 Å². The largest absolute Gasteiger partial charge is 0.497 e. The monoisotopic (exact) mass is 408 g/mol. The number of anilines is 1. The molecule has 0 saturated carbocycles. The number of hydroxylamine groups is 1. The van der Waals surface area contributed by atoms with E-state index in [0.717, 1.165) is 10.2 Å². The minimum absolute atomic E-state index is 0.0720. The molecule has 2 aromatic rings. The van der Waals surface area contributed by atoms with Gasteiger partial charge < -0.3 is 14.8 Å². The summed E-state index contributed by atoms with van der Waals surface area (Å²) < 4.78 is 35.6. The summed E-state index contributed by atoms with van der Waals surface area (Å²) in [7, 11) is 0.460. The summed E-state index contributed by atoms with van der Waals surface area (Å²) in [5, 5.41) is 2.73. The third-order valence-corrected chi connectivity index (χ3v) is 5.60. The van der Waals surface area contributed by atoms with Crippen LogP contribution in [0.4, 0.5) is 5.69 Å². The summed E-state index contributed by atoms with van der Waals surface area (Å²) in [6.45, 7) is 0.403. The zero-order valence-corrected chi connectivity index (χ0v) is 16.9. The van der Waals surface area contributed by atoms with Crippen molar-refractivity contribution < 1.29 is 27.5 Å². The minimum atomic E-state index is -3.71. The lowest BCUT2D eigenvalue weighted by Gasteiger charge is -2.14. The van der Waals surface area contributed by atoms with Gasteiger partial charge in [0.1, 0.15) is 11.5 Å². The molecule has 0 aliphatic heterocycles. The lowest BCUT2D eigenvalue weighted by atomic mass is 10.2. The first kappa shape index (κ1) is 21.7. The normalized spacial score (nSPS) is 11.3. The van der Waals surface area contributed by atoms with Crippen LogP contribution >= 0.6 is 0 Å². The van der Waals surface area contributed by atoms with E-state index in [1.165, 1.54) is 38.4 Å². The average molecular weight is 408 g/mol. The van der Waals surface area contributed by atoms with Crippen LogP contribution in [0.3, 0.4) is 0 Å². The number of hydrogen-bond acceptors (Lipinski definition) is 6. The lowest BCUT2D eigenvalue weighted by molar-refractivity contribution is -0.116. The molecule has 9 heteroatoms. The van der Waals surface area contributed by atoms with Gasteiger partial charge in [-0.25, -0.2) is 8.42 Å². The summed E-state index contributed by atoms with van der Waals surface area (Å²) in [5.41, 5.74) is 0.514. The van der Waals surface area contributed by atoms with Gasteiger partial charge in [-0.2, -0.15) is 0 Å². The highest BCUT2D eigenvalue weighted by atomic mass is 32.2. The van der Waals surface area contributed by atoms with Gasteiger partial charge in [0.05, 0.1) is 25.7 Å². The number of nitrogens with one attached hydrogen (secondary N) is 1. The van der Waals surface area contributed by atoms with Gasteiger partial charge in [0, 0.05) is 19.2 Å². The van der Waals surface area contributed by atoms with Gasteiger partial charge in [0.25, 0.3) is 10.0 Å². The highest BCUT2D eigenvalue weighted by molar-refractivity contribution is 7.89. The first-order valence-electron chi connectivity index (χ1n) is 8.56. The van der Waals surface area contributed by atoms with E-state index in [-0.39, 0.29) is 17.2 Å². The molecule has 0 unspecified atom stereocenters. The summed E-state index contributed by atoms with van der Waals surface area (Å²) in [6.07, 6.45) is 0.825. The van der Waals surface area contributed by atoms with Gasteiger partial charge in [0.15, 0.2) is 0 Å². The number of nitrogens with zero attached hydrogens (tertiary/aromatic N) is 1. The van der Waals surface area contributed by atoms with Crippen molar-refractivity contribution in [3.05, 3.63) is 48.5 Å². The molecule has 28 heavy (non-hydrogen) atoms. The van der Waals surface area contributed by atoms with Crippen molar-refractivity contribution >= 4 is 21.6 Å². The topological polar surface area (TPSA) is 94.2 Å². The molecule has 2 rings (SSSR count). The SMILES string of the molecule is COc1ccc(OCCCC(=O)Nc2ccc(S(=O)(=O)N(C)OC)cc2)cc1. The zero-order chi connectivity index (χ0) is 20.6. The molecule has 0 radical (unpaired) electrons. The quantitative estimate of drug-likeness (QED) is 0.480. The molecule has 0 bridgehead atoms. The van der Waals surface area contributed by atoms with Crippen LogP contribution in [0.5, 0.6) is 11.5 Å². The summed E-state index contributed by atoms with van der Waals surface area (Å²) in [5.74, 6) is 1.28. The summed E-state index contributed by atoms with van der Waals surface area (Å²) in [4.78, 5) is 16.8. The highest BCUT2D eigenvalue weighted by Crippen LogP contribution is 2.19. The molecule has 0 fully saturated rings. The molecular formula is C19H24N2O6S. The van der Waals surface area contributed by atoms with Crippen LogP contribution in [0.2, 0.25) is 0 Å². The Morgan fingerprint density at radius 3 is 2.18 bits per heavy atom. The van der Waals surface area contributed by atoms with Crippen molar-refractivity contribution in [2.75, 3.05) is 33.2 Å². The van der Waals surface area contributed by atoms with E-state index in [2.05, 4.69) is 5.32 Å². The molecule has 0 spiro atoms. The number of sulfonamides is 1. The van der Waals surface area contributed by atoms with E-state index < -0.39 is 10.0 Å². The molecule has 0 aromatic heterocycles. The Hall–Kier alpha value is -2.62. The molecule has 1 N–H and O–H groups in total. The van der Waals surface area contributed by atoms with Gasteiger partial charge in [-0.1, -0.05) is 4.47 Å². The second-order valence-corrected chi connectivity index (χ2v) is 7.73. The fourth-order valence-electron chi connectivity index (χ4n) is 2.27. The van der Waals surface area contributed by atoms with Crippen molar-refractivity contribution in [2.24, 2.45) is 0 Å². The van der Waals surface area contributed by atoms with Crippen molar-refractivity contribution in [3.8, 4) is 11.5 Å². The number of carbonyl (C=O) groups is 1. The van der Waals surface area contributed by atoms with Crippen LogP contribution in [-0.4, -0.2) is 46.7 Å². The van der Waals surface area contributed by atoms with E-state index >= 15 is 0 Å². The molecule has 0 aliphatic carbocycles. The average Bonchev–Trinajstić information content (AvgIpc) is 2.71. The third kappa shape index (κ3) is 5.95. The Morgan fingerprint density at radius 1 is 1.00 bits per heavy atom. The molecule has 0 aliphatic rings. The Morgan fingerprint density at radius 2 is 1.61 bits per heavy atom. The fourth-order valence-corrected chi connectivity index (χ4v) is 3.25. The smallest absolute Gasteiger partial charge is 0.264 e. The fraction of sp³-hybridized carbons (Fsp3) is 0.316. The van der Waals surface area contributed by atoms with E-state index in [0.29, 0.717) is 24.5 Å². The summed E-state index contributed by atoms with van der Waals surface area (Å²) in [6, 6.07) is 13.1. The second kappa shape index (κ2) is 10.1. The molecule has 0 atom stereocenters. The predicted octanol–water partition coefficient (Wildman–Crippen LogP) is 2.67. The van der Waals surface area contributed by atoms with Gasteiger partial charge in [0.2, 0.25) is 5.91 Å². The van der Waals surface area contributed by atoms with Crippen molar-refractivity contribution in [2.45, 2.75) is 17.7 Å². The molecule has 2 aromatic carbocycles. The first-order valence-corrected chi connectivity index (χ1v) is 10.0. The number of benzene rings is 2. The van der Waals surface area contributed by atoms with Crippen LogP contribution in [0.15, 0.2) is 53.4 Å². The van der Waals surface area contributed by atoms with Gasteiger partial charge in [-0.3, -0.25) is 9.63 Å². The number of amides is 1. The molecule has 152 valence electrons. The molecule has 0 saturated heterocycles. The highest BCUT2D eigenvalue weighted by Gasteiger charge is 2.20. The Labute approximate surface area is 165 Å². The number of methoxy groups -OCH3 is 1. The standard InChI is InChI=1S/C19H24N2O6S/c1-21(26-3)28(23,24)18-12-6-15(7-13-18)20-19(22)5-4-14-27-17-10-8-16(25-2)9-11-17/h6-13H,4-5,14H2,1-3H3,(H,20,22). The van der Waals surface area contributed by atoms with Crippen LogP contribution in [0.25, 0.3) is 0 Å². The van der Waals surface area contributed by atoms with E-state index in [1.54, 1.807) is 31.4 Å². The van der Waals surface area contributed by atoms with Crippen LogP contribution < -0.4 is 14.8 Å². The predicted molar refractivity (Wildman–Crippen MR) is 105 cm³/mol. The number of carbonyl (C=O) groups excluding carboxylic acids is 1. The zero-order valence-electron chi connectivity index (χ0n) is 16.0. The maximum absolute atomic E-state index is 12.1. The molecule has 1 amide bonds. The molecule has 8 nitrogen and oxygen atoms in total. The number of rotatable bonds is 10. The van der Waals surface area contributed by atoms with Crippen LogP contribution in [-0.2, 0) is 19.7 Å². The van der Waals surface area contributed by atoms with Crippen molar-refractivity contribution in [3.63, 3.8) is 0 Å². The molecular weight excluding hydrogens is 384 g/mol. The van der Waals surface area contributed by atoms with E-state index in [9.17, 15) is 13.2 Å². The Balaban J connectivity index is 1.78.